The minimum absolute atomic E-state index is 0.00106. The van der Waals surface area contributed by atoms with Crippen molar-refractivity contribution in [2.75, 3.05) is 39.3 Å². The molecule has 0 atom stereocenters. The Morgan fingerprint density at radius 3 is 2.29 bits per heavy atom. The number of hydrogen-bond acceptors (Lipinski definition) is 5. The minimum atomic E-state index is -0.813. The minimum Gasteiger partial charge on any atom is -0.409 e. The Balaban J connectivity index is 2.06. The molecule has 1 saturated carbocycles. The second-order valence-electron chi connectivity index (χ2n) is 5.99. The average molecular weight is 298 g/mol. The van der Waals surface area contributed by atoms with Gasteiger partial charge in [0.2, 0.25) is 5.91 Å². The number of amides is 1. The highest BCUT2D eigenvalue weighted by Gasteiger charge is 2.46. The maximum Gasteiger partial charge on any atom is 0.236 e. The molecule has 0 spiro atoms. The summed E-state index contributed by atoms with van der Waals surface area (Å²) < 4.78 is 0. The fourth-order valence-electron chi connectivity index (χ4n) is 3.45. The summed E-state index contributed by atoms with van der Waals surface area (Å²) >= 11 is 0. The van der Waals surface area contributed by atoms with Gasteiger partial charge >= 0.3 is 0 Å². The lowest BCUT2D eigenvalue weighted by Crippen LogP contribution is -2.57. The lowest BCUT2D eigenvalue weighted by atomic mass is 9.72. The van der Waals surface area contributed by atoms with Gasteiger partial charge in [-0.25, -0.2) is 0 Å². The van der Waals surface area contributed by atoms with Gasteiger partial charge in [0.25, 0.3) is 0 Å². The number of β-amino-alcohol motifs (C(OH)–C–C–N with tert-alkyl or cyclic N) is 1. The van der Waals surface area contributed by atoms with Gasteiger partial charge in [0.15, 0.2) is 5.84 Å². The highest BCUT2D eigenvalue weighted by molar-refractivity contribution is 6.06. The molecule has 2 rings (SSSR count). The molecule has 21 heavy (non-hydrogen) atoms. The van der Waals surface area contributed by atoms with E-state index in [1.54, 1.807) is 0 Å². The molecule has 0 radical (unpaired) electrons. The van der Waals surface area contributed by atoms with Crippen LogP contribution in [0.25, 0.3) is 0 Å². The third-order valence-corrected chi connectivity index (χ3v) is 4.79. The first-order chi connectivity index (χ1) is 10.1. The van der Waals surface area contributed by atoms with Gasteiger partial charge in [-0.15, -0.1) is 0 Å². The van der Waals surface area contributed by atoms with E-state index in [1.165, 1.54) is 0 Å². The van der Waals surface area contributed by atoms with E-state index >= 15 is 0 Å². The summed E-state index contributed by atoms with van der Waals surface area (Å²) in [7, 11) is 0. The fraction of sp³-hybridized carbons (Fsp3) is 0.857. The zero-order valence-corrected chi connectivity index (χ0v) is 12.5. The molecular formula is C14H26N4O3. The molecule has 1 amide bonds. The van der Waals surface area contributed by atoms with Crippen molar-refractivity contribution >= 4 is 11.7 Å². The number of nitrogens with zero attached hydrogens (tertiary/aromatic N) is 3. The second kappa shape index (κ2) is 7.09. The van der Waals surface area contributed by atoms with Gasteiger partial charge in [-0.1, -0.05) is 24.4 Å². The number of amidine groups is 1. The van der Waals surface area contributed by atoms with Crippen LogP contribution in [-0.2, 0) is 4.79 Å². The number of aliphatic hydroxyl groups is 1. The van der Waals surface area contributed by atoms with Crippen LogP contribution >= 0.6 is 0 Å². The number of piperazine rings is 1. The Hall–Kier alpha value is -1.34. The van der Waals surface area contributed by atoms with Crippen molar-refractivity contribution in [3.05, 3.63) is 0 Å². The zero-order chi connectivity index (χ0) is 15.3. The van der Waals surface area contributed by atoms with Crippen LogP contribution in [0.2, 0.25) is 0 Å². The molecule has 7 nitrogen and oxygen atoms in total. The SMILES string of the molecule is NC(=NO)C1(C(=O)N2CCN(CCO)CC2)CCCCC1. The van der Waals surface area contributed by atoms with Gasteiger partial charge in [0.05, 0.1) is 6.61 Å². The van der Waals surface area contributed by atoms with Gasteiger partial charge in [-0.3, -0.25) is 9.69 Å². The van der Waals surface area contributed by atoms with Crippen LogP contribution in [0.15, 0.2) is 5.16 Å². The second-order valence-corrected chi connectivity index (χ2v) is 5.99. The van der Waals surface area contributed by atoms with E-state index in [9.17, 15) is 4.79 Å². The highest BCUT2D eigenvalue weighted by Crippen LogP contribution is 2.38. The van der Waals surface area contributed by atoms with Gasteiger partial charge < -0.3 is 20.9 Å². The van der Waals surface area contributed by atoms with Crippen LogP contribution < -0.4 is 5.73 Å². The maximum absolute atomic E-state index is 12.9. The molecule has 0 unspecified atom stereocenters. The summed E-state index contributed by atoms with van der Waals surface area (Å²) in [6.07, 6.45) is 4.30. The van der Waals surface area contributed by atoms with Crippen molar-refractivity contribution in [3.63, 3.8) is 0 Å². The first-order valence-electron chi connectivity index (χ1n) is 7.74. The van der Waals surface area contributed by atoms with Gasteiger partial charge in [0.1, 0.15) is 5.41 Å². The number of oxime groups is 1. The average Bonchev–Trinajstić information content (AvgIpc) is 2.55. The molecule has 1 aliphatic heterocycles. The maximum atomic E-state index is 12.9. The molecule has 0 bridgehead atoms. The van der Waals surface area contributed by atoms with E-state index in [1.807, 2.05) is 4.90 Å². The van der Waals surface area contributed by atoms with Crippen LogP contribution in [0.5, 0.6) is 0 Å². The van der Waals surface area contributed by atoms with Crippen LogP contribution in [0.3, 0.4) is 0 Å². The van der Waals surface area contributed by atoms with E-state index < -0.39 is 5.41 Å². The summed E-state index contributed by atoms with van der Waals surface area (Å²) in [5.74, 6) is 0.0612. The van der Waals surface area contributed by atoms with E-state index in [2.05, 4.69) is 10.1 Å². The largest absolute Gasteiger partial charge is 0.409 e. The van der Waals surface area contributed by atoms with Crippen molar-refractivity contribution in [1.82, 2.24) is 9.80 Å². The number of carbonyl (C=O) groups is 1. The summed E-state index contributed by atoms with van der Waals surface area (Å²) in [4.78, 5) is 16.9. The Morgan fingerprint density at radius 2 is 1.76 bits per heavy atom. The van der Waals surface area contributed by atoms with Crippen molar-refractivity contribution in [3.8, 4) is 0 Å². The first kappa shape index (κ1) is 16.0. The number of aliphatic hydroxyl groups excluding tert-OH is 1. The Bertz CT molecular complexity index is 386. The molecule has 0 aromatic carbocycles. The lowest BCUT2D eigenvalue weighted by molar-refractivity contribution is -0.141. The molecule has 1 saturated heterocycles. The highest BCUT2D eigenvalue weighted by atomic mass is 16.4. The first-order valence-corrected chi connectivity index (χ1v) is 7.74. The lowest BCUT2D eigenvalue weighted by Gasteiger charge is -2.42. The quantitative estimate of drug-likeness (QED) is 0.289. The van der Waals surface area contributed by atoms with Crippen LogP contribution in [0.1, 0.15) is 32.1 Å². The smallest absolute Gasteiger partial charge is 0.236 e. The predicted molar refractivity (Wildman–Crippen MR) is 79.0 cm³/mol. The van der Waals surface area contributed by atoms with Crippen LogP contribution in [0, 0.1) is 5.41 Å². The predicted octanol–water partition coefficient (Wildman–Crippen LogP) is -0.180. The normalized spacial score (nSPS) is 24.0. The molecule has 0 aromatic heterocycles. The Kier molecular flexibility index (Phi) is 5.41. The molecule has 7 heteroatoms. The van der Waals surface area contributed by atoms with Gasteiger partial charge in [0, 0.05) is 32.7 Å². The third kappa shape index (κ3) is 3.29. The van der Waals surface area contributed by atoms with E-state index in [-0.39, 0.29) is 18.3 Å². The molecule has 0 aromatic rings. The topological polar surface area (TPSA) is 102 Å². The van der Waals surface area contributed by atoms with E-state index in [4.69, 9.17) is 16.0 Å². The summed E-state index contributed by atoms with van der Waals surface area (Å²) in [5, 5.41) is 21.2. The van der Waals surface area contributed by atoms with Crippen molar-refractivity contribution in [2.45, 2.75) is 32.1 Å². The number of rotatable bonds is 4. The summed E-state index contributed by atoms with van der Waals surface area (Å²) in [6, 6.07) is 0. The molecule has 4 N–H and O–H groups in total. The fourth-order valence-corrected chi connectivity index (χ4v) is 3.45. The molecule has 2 fully saturated rings. The molecule has 1 aliphatic carbocycles. The van der Waals surface area contributed by atoms with Crippen LogP contribution in [0.4, 0.5) is 0 Å². The summed E-state index contributed by atoms with van der Waals surface area (Å²) in [5.41, 5.74) is 5.06. The van der Waals surface area contributed by atoms with Gasteiger partial charge in [-0.2, -0.15) is 0 Å². The molecule has 1 heterocycles. The number of hydrogen-bond donors (Lipinski definition) is 3. The van der Waals surface area contributed by atoms with Crippen molar-refractivity contribution < 1.29 is 15.1 Å². The monoisotopic (exact) mass is 298 g/mol. The van der Waals surface area contributed by atoms with Gasteiger partial charge in [-0.05, 0) is 12.8 Å². The standard InChI is InChI=1S/C14H26N4O3/c15-12(16-21)14(4-2-1-3-5-14)13(20)18-8-6-17(7-9-18)10-11-19/h19,21H,1-11H2,(H2,15,16). The third-order valence-electron chi connectivity index (χ3n) is 4.79. The van der Waals surface area contributed by atoms with Crippen molar-refractivity contribution in [1.29, 1.82) is 0 Å². The molecule has 2 aliphatic rings. The van der Waals surface area contributed by atoms with E-state index in [0.29, 0.717) is 32.5 Å². The number of nitrogens with two attached hydrogens (primary N) is 1. The van der Waals surface area contributed by atoms with Crippen molar-refractivity contribution in [2.24, 2.45) is 16.3 Å². The Labute approximate surface area is 125 Å². The molecule has 120 valence electrons. The van der Waals surface area contributed by atoms with Crippen LogP contribution in [-0.4, -0.2) is 71.2 Å². The summed E-state index contributed by atoms with van der Waals surface area (Å²) in [6.45, 7) is 3.59. The number of carbonyl (C=O) groups excluding carboxylic acids is 1. The van der Waals surface area contributed by atoms with E-state index in [0.717, 1.165) is 32.4 Å². The Morgan fingerprint density at radius 1 is 1.14 bits per heavy atom. The molecular weight excluding hydrogens is 272 g/mol. The zero-order valence-electron chi connectivity index (χ0n) is 12.5.